The van der Waals surface area contributed by atoms with E-state index >= 15 is 0 Å². The summed E-state index contributed by atoms with van der Waals surface area (Å²) in [6.45, 7) is 4.91. The summed E-state index contributed by atoms with van der Waals surface area (Å²) in [4.78, 5) is 36.8. The fourth-order valence-corrected chi connectivity index (χ4v) is 2.83. The Morgan fingerprint density at radius 1 is 1.00 bits per heavy atom. The Hall–Kier alpha value is -2.86. The van der Waals surface area contributed by atoms with E-state index in [0.717, 1.165) is 11.1 Å². The van der Waals surface area contributed by atoms with Crippen LogP contribution in [0.4, 0.5) is 5.69 Å². The number of nitrogens with one attached hydrogen (secondary N) is 2. The number of rotatable bonds is 8. The molecule has 1 atom stereocenters. The summed E-state index contributed by atoms with van der Waals surface area (Å²) in [7, 11) is 0. The van der Waals surface area contributed by atoms with E-state index in [9.17, 15) is 14.4 Å². The van der Waals surface area contributed by atoms with Gasteiger partial charge in [-0.15, -0.1) is 0 Å². The van der Waals surface area contributed by atoms with Crippen molar-refractivity contribution in [2.45, 2.75) is 33.2 Å². The van der Waals surface area contributed by atoms with Crippen LogP contribution in [0, 0.1) is 12.8 Å². The molecule has 0 spiro atoms. The van der Waals surface area contributed by atoms with Crippen molar-refractivity contribution in [1.82, 2.24) is 5.32 Å². The highest BCUT2D eigenvalue weighted by Crippen LogP contribution is 2.22. The average Bonchev–Trinajstić information content (AvgIpc) is 2.68. The fourth-order valence-electron chi connectivity index (χ4n) is 2.66. The molecular weight excluding hydrogens is 392 g/mol. The first-order valence-electron chi connectivity index (χ1n) is 9.32. The number of halogens is 1. The molecule has 0 aliphatic carbocycles. The minimum absolute atomic E-state index is 0.159. The van der Waals surface area contributed by atoms with Gasteiger partial charge in [-0.05, 0) is 36.1 Å². The van der Waals surface area contributed by atoms with E-state index in [1.807, 2.05) is 30.3 Å². The van der Waals surface area contributed by atoms with Gasteiger partial charge in [0.2, 0.25) is 5.91 Å². The molecule has 0 saturated carbocycles. The first-order valence-corrected chi connectivity index (χ1v) is 9.70. The number of anilines is 1. The summed E-state index contributed by atoms with van der Waals surface area (Å²) in [6, 6.07) is 13.5. The van der Waals surface area contributed by atoms with Crippen LogP contribution >= 0.6 is 11.6 Å². The number of amides is 2. The summed E-state index contributed by atoms with van der Waals surface area (Å²) in [5.41, 5.74) is 2.12. The molecule has 0 saturated heterocycles. The van der Waals surface area contributed by atoms with Crippen LogP contribution in [0.3, 0.4) is 0 Å². The maximum absolute atomic E-state index is 12.4. The Morgan fingerprint density at radius 2 is 1.69 bits per heavy atom. The van der Waals surface area contributed by atoms with Crippen LogP contribution in [-0.2, 0) is 25.5 Å². The van der Waals surface area contributed by atoms with Crippen molar-refractivity contribution in [1.29, 1.82) is 0 Å². The molecular formula is C22H25ClN2O4. The number of benzene rings is 2. The molecule has 0 fully saturated rings. The molecule has 0 aromatic heterocycles. The largest absolute Gasteiger partial charge is 0.454 e. The third-order valence-electron chi connectivity index (χ3n) is 4.33. The molecule has 0 unspecified atom stereocenters. The van der Waals surface area contributed by atoms with Crippen LogP contribution in [-0.4, -0.2) is 30.4 Å². The van der Waals surface area contributed by atoms with Gasteiger partial charge in [-0.1, -0.05) is 61.8 Å². The zero-order chi connectivity index (χ0) is 21.4. The third-order valence-corrected chi connectivity index (χ3v) is 4.74. The highest BCUT2D eigenvalue weighted by atomic mass is 35.5. The van der Waals surface area contributed by atoms with Gasteiger partial charge in [-0.25, -0.2) is 4.79 Å². The van der Waals surface area contributed by atoms with Crippen LogP contribution in [0.5, 0.6) is 0 Å². The third kappa shape index (κ3) is 6.91. The van der Waals surface area contributed by atoms with Crippen molar-refractivity contribution >= 4 is 35.1 Å². The molecule has 29 heavy (non-hydrogen) atoms. The van der Waals surface area contributed by atoms with Crippen molar-refractivity contribution in [3.05, 3.63) is 64.7 Å². The van der Waals surface area contributed by atoms with Crippen molar-refractivity contribution < 1.29 is 19.1 Å². The van der Waals surface area contributed by atoms with Gasteiger partial charge in [0.05, 0.1) is 6.42 Å². The molecule has 2 aromatic carbocycles. The molecule has 0 aliphatic rings. The van der Waals surface area contributed by atoms with Gasteiger partial charge in [0.1, 0.15) is 6.04 Å². The van der Waals surface area contributed by atoms with Crippen LogP contribution in [0.1, 0.15) is 25.0 Å². The van der Waals surface area contributed by atoms with Crippen LogP contribution < -0.4 is 10.6 Å². The van der Waals surface area contributed by atoms with Gasteiger partial charge in [0.25, 0.3) is 5.91 Å². The number of hydrogen-bond acceptors (Lipinski definition) is 4. The van der Waals surface area contributed by atoms with Gasteiger partial charge in [0.15, 0.2) is 6.61 Å². The number of carbonyl (C=O) groups is 3. The normalized spacial score (nSPS) is 11.6. The molecule has 0 aliphatic heterocycles. The van der Waals surface area contributed by atoms with Crippen LogP contribution in [0.15, 0.2) is 48.5 Å². The molecule has 0 bridgehead atoms. The van der Waals surface area contributed by atoms with Crippen molar-refractivity contribution in [3.8, 4) is 0 Å². The second kappa shape index (κ2) is 10.6. The van der Waals surface area contributed by atoms with E-state index in [2.05, 4.69) is 10.6 Å². The second-order valence-electron chi connectivity index (χ2n) is 7.02. The summed E-state index contributed by atoms with van der Waals surface area (Å²) in [6.07, 6.45) is 0.159. The lowest BCUT2D eigenvalue weighted by Crippen LogP contribution is -2.46. The Labute approximate surface area is 175 Å². The molecule has 6 nitrogen and oxygen atoms in total. The van der Waals surface area contributed by atoms with Gasteiger partial charge in [0, 0.05) is 10.7 Å². The molecule has 7 heteroatoms. The van der Waals surface area contributed by atoms with E-state index in [1.54, 1.807) is 39.0 Å². The van der Waals surface area contributed by atoms with Crippen molar-refractivity contribution in [2.24, 2.45) is 5.92 Å². The highest BCUT2D eigenvalue weighted by molar-refractivity contribution is 6.31. The molecule has 2 aromatic rings. The van der Waals surface area contributed by atoms with Crippen molar-refractivity contribution in [3.63, 3.8) is 0 Å². The van der Waals surface area contributed by atoms with E-state index in [-0.39, 0.29) is 18.2 Å². The lowest BCUT2D eigenvalue weighted by Gasteiger charge is -2.21. The number of esters is 1. The smallest absolute Gasteiger partial charge is 0.329 e. The average molecular weight is 417 g/mol. The molecule has 0 radical (unpaired) electrons. The van der Waals surface area contributed by atoms with E-state index in [1.165, 1.54) is 0 Å². The van der Waals surface area contributed by atoms with Gasteiger partial charge in [-0.3, -0.25) is 9.59 Å². The first kappa shape index (κ1) is 22.4. The molecule has 154 valence electrons. The van der Waals surface area contributed by atoms with Crippen molar-refractivity contribution in [2.75, 3.05) is 11.9 Å². The highest BCUT2D eigenvalue weighted by Gasteiger charge is 2.26. The summed E-state index contributed by atoms with van der Waals surface area (Å²) >= 11 is 6.03. The van der Waals surface area contributed by atoms with Crippen LogP contribution in [0.2, 0.25) is 5.02 Å². The zero-order valence-corrected chi connectivity index (χ0v) is 17.5. The lowest BCUT2D eigenvalue weighted by atomic mass is 10.0. The lowest BCUT2D eigenvalue weighted by molar-refractivity contribution is -0.151. The van der Waals surface area contributed by atoms with E-state index < -0.39 is 24.5 Å². The second-order valence-corrected chi connectivity index (χ2v) is 7.43. The summed E-state index contributed by atoms with van der Waals surface area (Å²) in [5.74, 6) is -1.62. The number of hydrogen-bond donors (Lipinski definition) is 2. The summed E-state index contributed by atoms with van der Waals surface area (Å²) < 4.78 is 5.12. The zero-order valence-electron chi connectivity index (χ0n) is 16.7. The Bertz CT molecular complexity index is 868. The maximum Gasteiger partial charge on any atom is 0.329 e. The fraction of sp³-hybridized carbons (Fsp3) is 0.318. The number of carbonyl (C=O) groups excluding carboxylic acids is 3. The van der Waals surface area contributed by atoms with Gasteiger partial charge < -0.3 is 15.4 Å². The molecule has 2 N–H and O–H groups in total. The topological polar surface area (TPSA) is 84.5 Å². The first-order chi connectivity index (χ1) is 13.8. The minimum Gasteiger partial charge on any atom is -0.454 e. The predicted molar refractivity (Wildman–Crippen MR) is 113 cm³/mol. The minimum atomic E-state index is -0.841. The summed E-state index contributed by atoms with van der Waals surface area (Å²) in [5, 5.41) is 5.88. The SMILES string of the molecule is Cc1c(Cl)cccc1NC(=O)COC(=O)[C@@H](NC(=O)Cc1ccccc1)C(C)C. The standard InChI is InChI=1S/C22H25ClN2O4/c1-14(2)21(25-19(26)12-16-8-5-4-6-9-16)22(28)29-13-20(27)24-18-11-7-10-17(23)15(18)3/h4-11,14,21H,12-13H2,1-3H3,(H,24,27)(H,25,26)/t21-/m0/s1. The quantitative estimate of drug-likeness (QED) is 0.645. The molecule has 2 rings (SSSR count). The Balaban J connectivity index is 1.89. The Morgan fingerprint density at radius 3 is 2.34 bits per heavy atom. The number of ether oxygens (including phenoxy) is 1. The van der Waals surface area contributed by atoms with Gasteiger partial charge in [-0.2, -0.15) is 0 Å². The molecule has 2 amide bonds. The van der Waals surface area contributed by atoms with E-state index in [0.29, 0.717) is 10.7 Å². The molecule has 0 heterocycles. The van der Waals surface area contributed by atoms with E-state index in [4.69, 9.17) is 16.3 Å². The predicted octanol–water partition coefficient (Wildman–Crippen LogP) is 3.51. The maximum atomic E-state index is 12.4. The monoisotopic (exact) mass is 416 g/mol. The Kier molecular flexibility index (Phi) is 8.21. The van der Waals surface area contributed by atoms with Crippen LogP contribution in [0.25, 0.3) is 0 Å². The van der Waals surface area contributed by atoms with Gasteiger partial charge >= 0.3 is 5.97 Å².